The van der Waals surface area contributed by atoms with Crippen LogP contribution in [0.25, 0.3) is 0 Å². The molecule has 2 rings (SSSR count). The Morgan fingerprint density at radius 3 is 2.68 bits per heavy atom. The SMILES string of the molecule is CNc1cc(C(=O)NC(C)C2CC2)ccc1[N+](=O)[O-]. The Labute approximate surface area is 111 Å². The first-order valence-electron chi connectivity index (χ1n) is 6.30. The summed E-state index contributed by atoms with van der Waals surface area (Å²) in [5, 5.41) is 16.5. The molecule has 6 heteroatoms. The van der Waals surface area contributed by atoms with Gasteiger partial charge in [-0.15, -0.1) is 0 Å². The van der Waals surface area contributed by atoms with Crippen LogP contribution in [0.2, 0.25) is 0 Å². The van der Waals surface area contributed by atoms with Gasteiger partial charge in [0, 0.05) is 24.7 Å². The van der Waals surface area contributed by atoms with Gasteiger partial charge in [-0.1, -0.05) is 0 Å². The molecule has 0 radical (unpaired) electrons. The number of nitrogens with one attached hydrogen (secondary N) is 2. The van der Waals surface area contributed by atoms with E-state index in [1.807, 2.05) is 6.92 Å². The maximum atomic E-state index is 12.0. The number of anilines is 1. The molecule has 0 saturated heterocycles. The summed E-state index contributed by atoms with van der Waals surface area (Å²) in [7, 11) is 1.59. The number of nitrogens with zero attached hydrogens (tertiary/aromatic N) is 1. The minimum atomic E-state index is -0.472. The fraction of sp³-hybridized carbons (Fsp3) is 0.462. The van der Waals surface area contributed by atoms with Crippen LogP contribution in [0.5, 0.6) is 0 Å². The van der Waals surface area contributed by atoms with Crippen molar-refractivity contribution in [3.8, 4) is 0 Å². The average Bonchev–Trinajstić information content (AvgIpc) is 3.21. The highest BCUT2D eigenvalue weighted by atomic mass is 16.6. The van der Waals surface area contributed by atoms with Crippen LogP contribution in [0.1, 0.15) is 30.1 Å². The number of rotatable bonds is 5. The van der Waals surface area contributed by atoms with E-state index in [4.69, 9.17) is 0 Å². The van der Waals surface area contributed by atoms with Gasteiger partial charge in [-0.3, -0.25) is 14.9 Å². The van der Waals surface area contributed by atoms with E-state index >= 15 is 0 Å². The summed E-state index contributed by atoms with van der Waals surface area (Å²) < 4.78 is 0. The van der Waals surface area contributed by atoms with E-state index in [2.05, 4.69) is 10.6 Å². The van der Waals surface area contributed by atoms with Gasteiger partial charge in [0.15, 0.2) is 0 Å². The van der Waals surface area contributed by atoms with Gasteiger partial charge in [0.25, 0.3) is 11.6 Å². The predicted octanol–water partition coefficient (Wildman–Crippen LogP) is 2.16. The second kappa shape index (κ2) is 5.26. The third-order valence-electron chi connectivity index (χ3n) is 3.41. The predicted molar refractivity (Wildman–Crippen MR) is 72.3 cm³/mol. The van der Waals surface area contributed by atoms with Gasteiger partial charge in [-0.2, -0.15) is 0 Å². The Morgan fingerprint density at radius 2 is 2.16 bits per heavy atom. The van der Waals surface area contributed by atoms with E-state index < -0.39 is 4.92 Å². The first-order valence-corrected chi connectivity index (χ1v) is 6.30. The summed E-state index contributed by atoms with van der Waals surface area (Å²) in [6.45, 7) is 1.99. The zero-order valence-electron chi connectivity index (χ0n) is 11.0. The maximum absolute atomic E-state index is 12.0. The molecular weight excluding hydrogens is 246 g/mol. The van der Waals surface area contributed by atoms with E-state index in [0.29, 0.717) is 17.2 Å². The molecule has 0 aliphatic heterocycles. The molecule has 0 bridgehead atoms. The molecule has 2 N–H and O–H groups in total. The Hall–Kier alpha value is -2.11. The number of nitro benzene ring substituents is 1. The van der Waals surface area contributed by atoms with Gasteiger partial charge in [-0.05, 0) is 37.8 Å². The van der Waals surface area contributed by atoms with Crippen LogP contribution in [0, 0.1) is 16.0 Å². The normalized spacial score (nSPS) is 15.7. The third-order valence-corrected chi connectivity index (χ3v) is 3.41. The second-order valence-corrected chi connectivity index (χ2v) is 4.84. The van der Waals surface area contributed by atoms with Crippen molar-refractivity contribution in [2.24, 2.45) is 5.92 Å². The zero-order valence-corrected chi connectivity index (χ0v) is 11.0. The highest BCUT2D eigenvalue weighted by molar-refractivity contribution is 5.96. The average molecular weight is 263 g/mol. The fourth-order valence-electron chi connectivity index (χ4n) is 2.04. The third kappa shape index (κ3) is 3.01. The Bertz CT molecular complexity index is 512. The van der Waals surface area contributed by atoms with E-state index in [1.54, 1.807) is 7.05 Å². The summed E-state index contributed by atoms with van der Waals surface area (Å²) in [6.07, 6.45) is 2.31. The monoisotopic (exact) mass is 263 g/mol. The number of hydrogen-bond donors (Lipinski definition) is 2. The van der Waals surface area contributed by atoms with Gasteiger partial charge in [0.1, 0.15) is 5.69 Å². The highest BCUT2D eigenvalue weighted by Gasteiger charge is 2.29. The zero-order chi connectivity index (χ0) is 14.0. The van der Waals surface area contributed by atoms with Crippen LogP contribution < -0.4 is 10.6 Å². The van der Waals surface area contributed by atoms with E-state index in [1.165, 1.54) is 18.2 Å². The molecule has 1 aromatic rings. The molecule has 19 heavy (non-hydrogen) atoms. The number of carbonyl (C=O) groups excluding carboxylic acids is 1. The first kappa shape index (κ1) is 13.3. The van der Waals surface area contributed by atoms with E-state index in [0.717, 1.165) is 12.8 Å². The maximum Gasteiger partial charge on any atom is 0.292 e. The van der Waals surface area contributed by atoms with Crippen LogP contribution in [0.4, 0.5) is 11.4 Å². The lowest BCUT2D eigenvalue weighted by Crippen LogP contribution is -2.34. The van der Waals surface area contributed by atoms with Gasteiger partial charge in [-0.25, -0.2) is 0 Å². The summed E-state index contributed by atoms with van der Waals surface area (Å²) in [4.78, 5) is 22.4. The Morgan fingerprint density at radius 1 is 1.47 bits per heavy atom. The Balaban J connectivity index is 2.15. The summed E-state index contributed by atoms with van der Waals surface area (Å²) in [5.74, 6) is 0.386. The smallest absolute Gasteiger partial charge is 0.292 e. The topological polar surface area (TPSA) is 84.3 Å². The highest BCUT2D eigenvalue weighted by Crippen LogP contribution is 2.32. The molecule has 0 heterocycles. The number of amides is 1. The Kier molecular flexibility index (Phi) is 3.69. The molecular formula is C13H17N3O3. The van der Waals surface area contributed by atoms with Crippen molar-refractivity contribution >= 4 is 17.3 Å². The lowest BCUT2D eigenvalue weighted by molar-refractivity contribution is -0.383. The second-order valence-electron chi connectivity index (χ2n) is 4.84. The van der Waals surface area contributed by atoms with Crippen LogP contribution in [0.15, 0.2) is 18.2 Å². The van der Waals surface area contributed by atoms with Crippen LogP contribution in [-0.2, 0) is 0 Å². The number of hydrogen-bond acceptors (Lipinski definition) is 4. The van der Waals surface area contributed by atoms with Crippen molar-refractivity contribution in [3.05, 3.63) is 33.9 Å². The van der Waals surface area contributed by atoms with E-state index in [9.17, 15) is 14.9 Å². The fourth-order valence-corrected chi connectivity index (χ4v) is 2.04. The van der Waals surface area contributed by atoms with Crippen LogP contribution in [0.3, 0.4) is 0 Å². The number of benzene rings is 1. The largest absolute Gasteiger partial charge is 0.383 e. The molecule has 1 fully saturated rings. The number of nitro groups is 1. The molecule has 1 aliphatic rings. The molecule has 1 aromatic carbocycles. The lowest BCUT2D eigenvalue weighted by Gasteiger charge is -2.13. The van der Waals surface area contributed by atoms with Gasteiger partial charge >= 0.3 is 0 Å². The minimum Gasteiger partial charge on any atom is -0.383 e. The molecule has 1 atom stereocenters. The first-order chi connectivity index (χ1) is 9.02. The van der Waals surface area contributed by atoms with Gasteiger partial charge in [0.05, 0.1) is 4.92 Å². The van der Waals surface area contributed by atoms with E-state index in [-0.39, 0.29) is 17.6 Å². The van der Waals surface area contributed by atoms with Crippen LogP contribution in [-0.4, -0.2) is 23.9 Å². The quantitative estimate of drug-likeness (QED) is 0.629. The molecule has 0 aromatic heterocycles. The van der Waals surface area contributed by atoms with Crippen LogP contribution >= 0.6 is 0 Å². The minimum absolute atomic E-state index is 0.0331. The van der Waals surface area contributed by atoms with Crippen molar-refractivity contribution in [1.82, 2.24) is 5.32 Å². The van der Waals surface area contributed by atoms with Crippen molar-refractivity contribution in [2.45, 2.75) is 25.8 Å². The molecule has 1 saturated carbocycles. The van der Waals surface area contributed by atoms with Gasteiger partial charge < -0.3 is 10.6 Å². The standard InChI is InChI=1S/C13H17N3O3/c1-8(9-3-4-9)15-13(17)10-5-6-12(16(18)19)11(7-10)14-2/h5-9,14H,3-4H2,1-2H3,(H,15,17). The van der Waals surface area contributed by atoms with Crippen molar-refractivity contribution in [3.63, 3.8) is 0 Å². The van der Waals surface area contributed by atoms with Gasteiger partial charge in [0.2, 0.25) is 0 Å². The van der Waals surface area contributed by atoms with Crippen molar-refractivity contribution in [1.29, 1.82) is 0 Å². The summed E-state index contributed by atoms with van der Waals surface area (Å²) in [5.41, 5.74) is 0.744. The van der Waals surface area contributed by atoms with Crippen molar-refractivity contribution in [2.75, 3.05) is 12.4 Å². The summed E-state index contributed by atoms with van der Waals surface area (Å²) >= 11 is 0. The lowest BCUT2D eigenvalue weighted by atomic mass is 10.1. The molecule has 6 nitrogen and oxygen atoms in total. The molecule has 0 spiro atoms. The molecule has 1 amide bonds. The molecule has 1 unspecified atom stereocenters. The molecule has 1 aliphatic carbocycles. The summed E-state index contributed by atoms with van der Waals surface area (Å²) in [6, 6.07) is 4.49. The van der Waals surface area contributed by atoms with Crippen molar-refractivity contribution < 1.29 is 9.72 Å². The number of carbonyl (C=O) groups is 1. The molecule has 102 valence electrons.